The second kappa shape index (κ2) is 8.88. The third-order valence-electron chi connectivity index (χ3n) is 4.12. The fraction of sp³-hybridized carbons (Fsp3) is 0.588. The van der Waals surface area contributed by atoms with Crippen molar-refractivity contribution >= 4 is 5.91 Å². The van der Waals surface area contributed by atoms with E-state index in [9.17, 15) is 4.79 Å². The molecule has 5 heteroatoms. The van der Waals surface area contributed by atoms with Crippen molar-refractivity contribution in [2.45, 2.75) is 12.5 Å². The first kappa shape index (κ1) is 16.9. The molecule has 0 bridgehead atoms. The molecule has 1 aliphatic rings. The van der Waals surface area contributed by atoms with Crippen LogP contribution in [0.2, 0.25) is 0 Å². The number of benzene rings is 1. The van der Waals surface area contributed by atoms with Crippen LogP contribution in [0.1, 0.15) is 18.1 Å². The summed E-state index contributed by atoms with van der Waals surface area (Å²) >= 11 is 0. The largest absolute Gasteiger partial charge is 0.383 e. The number of hydrogen-bond acceptors (Lipinski definition) is 4. The SMILES string of the molecule is COCCN1CC[C@@H](CNC(=O)[C@@H](OC)c2ccccc2)C1. The van der Waals surface area contributed by atoms with Crippen LogP contribution in [0, 0.1) is 5.92 Å². The van der Waals surface area contributed by atoms with E-state index in [2.05, 4.69) is 10.2 Å². The number of nitrogens with zero attached hydrogens (tertiary/aromatic N) is 1. The first-order valence-corrected chi connectivity index (χ1v) is 7.81. The monoisotopic (exact) mass is 306 g/mol. The highest BCUT2D eigenvalue weighted by atomic mass is 16.5. The van der Waals surface area contributed by atoms with Crippen molar-refractivity contribution in [3.05, 3.63) is 35.9 Å². The molecule has 1 saturated heterocycles. The molecule has 0 spiro atoms. The number of ether oxygens (including phenoxy) is 2. The minimum Gasteiger partial charge on any atom is -0.383 e. The van der Waals surface area contributed by atoms with Crippen molar-refractivity contribution in [3.8, 4) is 0 Å². The molecule has 0 aromatic heterocycles. The molecule has 1 heterocycles. The number of amides is 1. The molecule has 122 valence electrons. The first-order chi connectivity index (χ1) is 10.7. The Balaban J connectivity index is 1.77. The maximum Gasteiger partial charge on any atom is 0.253 e. The Kier molecular flexibility index (Phi) is 6.83. The Bertz CT molecular complexity index is 452. The normalized spacial score (nSPS) is 20.0. The number of methoxy groups -OCH3 is 2. The molecule has 1 fully saturated rings. The van der Waals surface area contributed by atoms with E-state index in [-0.39, 0.29) is 5.91 Å². The van der Waals surface area contributed by atoms with Crippen LogP contribution in [-0.4, -0.2) is 57.8 Å². The Morgan fingerprint density at radius 1 is 1.36 bits per heavy atom. The summed E-state index contributed by atoms with van der Waals surface area (Å²) in [5, 5.41) is 3.03. The van der Waals surface area contributed by atoms with Gasteiger partial charge in [0.15, 0.2) is 6.10 Å². The van der Waals surface area contributed by atoms with Crippen molar-refractivity contribution in [3.63, 3.8) is 0 Å². The minimum absolute atomic E-state index is 0.0657. The molecule has 1 N–H and O–H groups in total. The average Bonchev–Trinajstić information content (AvgIpc) is 3.00. The summed E-state index contributed by atoms with van der Waals surface area (Å²) in [5.41, 5.74) is 0.885. The lowest BCUT2D eigenvalue weighted by atomic mass is 10.1. The predicted molar refractivity (Wildman–Crippen MR) is 85.6 cm³/mol. The molecule has 5 nitrogen and oxygen atoms in total. The van der Waals surface area contributed by atoms with Crippen molar-refractivity contribution < 1.29 is 14.3 Å². The third kappa shape index (κ3) is 4.80. The van der Waals surface area contributed by atoms with Crippen LogP contribution in [0.15, 0.2) is 30.3 Å². The molecule has 1 aromatic rings. The van der Waals surface area contributed by atoms with Gasteiger partial charge in [0.2, 0.25) is 0 Å². The van der Waals surface area contributed by atoms with Gasteiger partial charge in [-0.25, -0.2) is 0 Å². The smallest absolute Gasteiger partial charge is 0.253 e. The highest BCUT2D eigenvalue weighted by Crippen LogP contribution is 2.18. The summed E-state index contributed by atoms with van der Waals surface area (Å²) < 4.78 is 10.5. The molecule has 0 aliphatic carbocycles. The summed E-state index contributed by atoms with van der Waals surface area (Å²) in [6, 6.07) is 9.59. The van der Waals surface area contributed by atoms with Gasteiger partial charge in [0.25, 0.3) is 5.91 Å². The molecule has 0 saturated carbocycles. The number of rotatable bonds is 8. The van der Waals surface area contributed by atoms with Crippen LogP contribution < -0.4 is 5.32 Å². The number of likely N-dealkylation sites (tertiary alicyclic amines) is 1. The maximum atomic E-state index is 12.3. The standard InChI is InChI=1S/C17H26N2O3/c1-21-11-10-19-9-8-14(13-19)12-18-17(20)16(22-2)15-6-4-3-5-7-15/h3-7,14,16H,8-13H2,1-2H3,(H,18,20)/t14-,16-/m0/s1. The zero-order valence-electron chi connectivity index (χ0n) is 13.5. The first-order valence-electron chi connectivity index (χ1n) is 7.81. The van der Waals surface area contributed by atoms with Crippen molar-refractivity contribution in [1.82, 2.24) is 10.2 Å². The van der Waals surface area contributed by atoms with E-state index in [4.69, 9.17) is 9.47 Å². The average molecular weight is 306 g/mol. The molecule has 1 aliphatic heterocycles. The highest BCUT2D eigenvalue weighted by Gasteiger charge is 2.25. The predicted octanol–water partition coefficient (Wildman–Crippen LogP) is 1.46. The second-order valence-electron chi connectivity index (χ2n) is 5.72. The van der Waals surface area contributed by atoms with Crippen LogP contribution >= 0.6 is 0 Å². The van der Waals surface area contributed by atoms with E-state index >= 15 is 0 Å². The van der Waals surface area contributed by atoms with Gasteiger partial charge < -0.3 is 19.7 Å². The van der Waals surface area contributed by atoms with E-state index < -0.39 is 6.10 Å². The highest BCUT2D eigenvalue weighted by molar-refractivity contribution is 5.82. The van der Waals surface area contributed by atoms with Gasteiger partial charge in [0, 0.05) is 33.9 Å². The third-order valence-corrected chi connectivity index (χ3v) is 4.12. The van der Waals surface area contributed by atoms with Crippen LogP contribution in [0.3, 0.4) is 0 Å². The fourth-order valence-corrected chi connectivity index (χ4v) is 2.86. The van der Waals surface area contributed by atoms with Gasteiger partial charge in [-0.2, -0.15) is 0 Å². The topological polar surface area (TPSA) is 50.8 Å². The number of carbonyl (C=O) groups excluding carboxylic acids is 1. The van der Waals surface area contributed by atoms with Gasteiger partial charge in [-0.3, -0.25) is 4.79 Å². The van der Waals surface area contributed by atoms with E-state index in [1.807, 2.05) is 30.3 Å². The van der Waals surface area contributed by atoms with Crippen LogP contribution in [-0.2, 0) is 14.3 Å². The van der Waals surface area contributed by atoms with Crippen molar-refractivity contribution in [1.29, 1.82) is 0 Å². The van der Waals surface area contributed by atoms with E-state index in [1.165, 1.54) is 0 Å². The Morgan fingerprint density at radius 3 is 2.82 bits per heavy atom. The quantitative estimate of drug-likeness (QED) is 0.790. The lowest BCUT2D eigenvalue weighted by Gasteiger charge is -2.18. The van der Waals surface area contributed by atoms with E-state index in [1.54, 1.807) is 14.2 Å². The lowest BCUT2D eigenvalue weighted by molar-refractivity contribution is -0.131. The molecule has 0 unspecified atom stereocenters. The zero-order chi connectivity index (χ0) is 15.8. The fourth-order valence-electron chi connectivity index (χ4n) is 2.86. The van der Waals surface area contributed by atoms with Crippen LogP contribution in [0.25, 0.3) is 0 Å². The zero-order valence-corrected chi connectivity index (χ0v) is 13.5. The summed E-state index contributed by atoms with van der Waals surface area (Å²) in [7, 11) is 3.29. The van der Waals surface area contributed by atoms with E-state index in [0.717, 1.165) is 38.2 Å². The second-order valence-corrected chi connectivity index (χ2v) is 5.72. The van der Waals surface area contributed by atoms with Gasteiger partial charge in [0.05, 0.1) is 6.61 Å². The lowest BCUT2D eigenvalue weighted by Crippen LogP contribution is -2.35. The number of carbonyl (C=O) groups is 1. The molecule has 1 aromatic carbocycles. The van der Waals surface area contributed by atoms with Gasteiger partial charge in [-0.15, -0.1) is 0 Å². The Hall–Kier alpha value is -1.43. The summed E-state index contributed by atoms with van der Waals surface area (Å²) in [5.74, 6) is 0.443. The summed E-state index contributed by atoms with van der Waals surface area (Å²) in [6.07, 6.45) is 0.583. The molecular formula is C17H26N2O3. The van der Waals surface area contributed by atoms with Crippen molar-refractivity contribution in [2.75, 3.05) is 47.0 Å². The molecular weight excluding hydrogens is 280 g/mol. The summed E-state index contributed by atoms with van der Waals surface area (Å²) in [4.78, 5) is 14.7. The molecule has 22 heavy (non-hydrogen) atoms. The van der Waals surface area contributed by atoms with Gasteiger partial charge in [0.1, 0.15) is 0 Å². The Labute approximate surface area is 132 Å². The Morgan fingerprint density at radius 2 is 2.14 bits per heavy atom. The van der Waals surface area contributed by atoms with E-state index in [0.29, 0.717) is 12.5 Å². The number of nitrogens with one attached hydrogen (secondary N) is 1. The van der Waals surface area contributed by atoms with Gasteiger partial charge in [-0.1, -0.05) is 30.3 Å². The molecule has 2 rings (SSSR count). The van der Waals surface area contributed by atoms with Crippen LogP contribution in [0.5, 0.6) is 0 Å². The molecule has 1 amide bonds. The molecule has 2 atom stereocenters. The van der Waals surface area contributed by atoms with Crippen molar-refractivity contribution in [2.24, 2.45) is 5.92 Å². The van der Waals surface area contributed by atoms with Gasteiger partial charge >= 0.3 is 0 Å². The van der Waals surface area contributed by atoms with Gasteiger partial charge in [-0.05, 0) is 24.4 Å². The minimum atomic E-state index is -0.535. The number of hydrogen-bond donors (Lipinski definition) is 1. The van der Waals surface area contributed by atoms with Crippen LogP contribution in [0.4, 0.5) is 0 Å². The summed E-state index contributed by atoms with van der Waals surface area (Å²) in [6.45, 7) is 4.53. The molecule has 0 radical (unpaired) electrons. The maximum absolute atomic E-state index is 12.3.